The van der Waals surface area contributed by atoms with Crippen LogP contribution in [-0.2, 0) is 10.2 Å². The van der Waals surface area contributed by atoms with E-state index in [1.807, 2.05) is 6.07 Å². The summed E-state index contributed by atoms with van der Waals surface area (Å²) in [7, 11) is 0. The van der Waals surface area contributed by atoms with Gasteiger partial charge < -0.3 is 9.64 Å². The minimum absolute atomic E-state index is 0.129. The second-order valence-electron chi connectivity index (χ2n) is 8.47. The van der Waals surface area contributed by atoms with Crippen molar-refractivity contribution in [3.63, 3.8) is 0 Å². The van der Waals surface area contributed by atoms with Crippen LogP contribution in [0.2, 0.25) is 0 Å². The van der Waals surface area contributed by atoms with Crippen LogP contribution < -0.4 is 10.2 Å². The predicted molar refractivity (Wildman–Crippen MR) is 119 cm³/mol. The highest BCUT2D eigenvalue weighted by Crippen LogP contribution is 2.50. The van der Waals surface area contributed by atoms with Gasteiger partial charge >= 0.3 is 0 Å². The summed E-state index contributed by atoms with van der Waals surface area (Å²) in [4.78, 5) is 15.0. The fourth-order valence-electron chi connectivity index (χ4n) is 4.87. The first kappa shape index (κ1) is 24.1. The first-order chi connectivity index (χ1) is 15.3. The molecule has 1 saturated carbocycles. The third-order valence-electron chi connectivity index (χ3n) is 6.77. The van der Waals surface area contributed by atoms with Crippen LogP contribution in [0.25, 0.3) is 0 Å². The fourth-order valence-corrected chi connectivity index (χ4v) is 4.87. The van der Waals surface area contributed by atoms with Crippen LogP contribution in [0.1, 0.15) is 55.7 Å². The molecule has 1 amide bonds. The van der Waals surface area contributed by atoms with E-state index < -0.39 is 23.0 Å². The molecule has 1 aliphatic carbocycles. The number of rotatable bonds is 9. The summed E-state index contributed by atoms with van der Waals surface area (Å²) < 4.78 is 34.5. The molecular formula is C25H32F2N2O3. The summed E-state index contributed by atoms with van der Waals surface area (Å²) >= 11 is 0. The number of halogens is 2. The first-order valence-corrected chi connectivity index (χ1v) is 11.2. The van der Waals surface area contributed by atoms with Gasteiger partial charge in [0, 0.05) is 12.6 Å². The number of likely N-dealkylation sites (N-methyl/N-ethyl adjacent to an activating group) is 1. The third-order valence-corrected chi connectivity index (χ3v) is 6.77. The molecule has 0 spiro atoms. The maximum Gasteiger partial charge on any atom is 0.254 e. The van der Waals surface area contributed by atoms with E-state index in [1.165, 1.54) is 18.2 Å². The Balaban J connectivity index is 1.84. The molecule has 2 N–H and O–H groups in total. The Morgan fingerprint density at radius 1 is 1.25 bits per heavy atom. The van der Waals surface area contributed by atoms with Gasteiger partial charge in [-0.25, -0.2) is 14.3 Å². The van der Waals surface area contributed by atoms with Gasteiger partial charge in [-0.05, 0) is 80.1 Å². The molecule has 1 unspecified atom stereocenters. The lowest BCUT2D eigenvalue weighted by molar-refractivity contribution is -0.135. The highest BCUT2D eigenvalue weighted by atomic mass is 19.1. The molecule has 1 fully saturated rings. The van der Waals surface area contributed by atoms with E-state index in [1.54, 1.807) is 24.5 Å². The van der Waals surface area contributed by atoms with Crippen molar-refractivity contribution in [1.82, 2.24) is 10.4 Å². The SMILES string of the molecule is CCN(CC)CCOc1cc(F)cc(C2CC[C@@](C(=O)NO)(c3cccc(F)c3C)C2)c1. The number of carbonyl (C=O) groups excluding carboxylic acids is 1. The number of hydroxylamine groups is 1. The third kappa shape index (κ3) is 4.94. The van der Waals surface area contributed by atoms with E-state index >= 15 is 0 Å². The van der Waals surface area contributed by atoms with Gasteiger partial charge in [0.2, 0.25) is 0 Å². The normalized spacial score (nSPS) is 20.5. The summed E-state index contributed by atoms with van der Waals surface area (Å²) in [5.41, 5.74) is 2.37. The van der Waals surface area contributed by atoms with Crippen molar-refractivity contribution in [3.05, 3.63) is 64.7 Å². The van der Waals surface area contributed by atoms with Gasteiger partial charge in [0.1, 0.15) is 24.0 Å². The van der Waals surface area contributed by atoms with Crippen LogP contribution in [0.15, 0.2) is 36.4 Å². The molecule has 2 aromatic rings. The molecule has 0 saturated heterocycles. The lowest BCUT2D eigenvalue weighted by Gasteiger charge is -2.29. The van der Waals surface area contributed by atoms with E-state index in [4.69, 9.17) is 4.74 Å². The van der Waals surface area contributed by atoms with Crippen LogP contribution in [0.4, 0.5) is 8.78 Å². The first-order valence-electron chi connectivity index (χ1n) is 11.2. The smallest absolute Gasteiger partial charge is 0.254 e. The Bertz CT molecular complexity index is 949. The molecular weight excluding hydrogens is 414 g/mol. The van der Waals surface area contributed by atoms with E-state index in [2.05, 4.69) is 18.7 Å². The molecule has 0 heterocycles. The summed E-state index contributed by atoms with van der Waals surface area (Å²) in [5, 5.41) is 9.43. The average Bonchev–Trinajstić information content (AvgIpc) is 3.24. The topological polar surface area (TPSA) is 61.8 Å². The van der Waals surface area contributed by atoms with Gasteiger partial charge in [0.05, 0.1) is 5.41 Å². The van der Waals surface area contributed by atoms with Crippen molar-refractivity contribution in [2.45, 2.75) is 51.4 Å². The van der Waals surface area contributed by atoms with Gasteiger partial charge in [-0.2, -0.15) is 0 Å². The van der Waals surface area contributed by atoms with Crippen LogP contribution in [0.5, 0.6) is 5.75 Å². The van der Waals surface area contributed by atoms with Gasteiger partial charge in [-0.1, -0.05) is 26.0 Å². The number of nitrogens with one attached hydrogen (secondary N) is 1. The Labute approximate surface area is 188 Å². The number of hydrogen-bond acceptors (Lipinski definition) is 4. The molecule has 32 heavy (non-hydrogen) atoms. The highest BCUT2D eigenvalue weighted by molar-refractivity contribution is 5.88. The lowest BCUT2D eigenvalue weighted by Crippen LogP contribution is -2.42. The van der Waals surface area contributed by atoms with Crippen molar-refractivity contribution < 1.29 is 23.5 Å². The molecule has 0 bridgehead atoms. The molecule has 0 radical (unpaired) electrons. The van der Waals surface area contributed by atoms with Crippen molar-refractivity contribution in [1.29, 1.82) is 0 Å². The quantitative estimate of drug-likeness (QED) is 0.433. The van der Waals surface area contributed by atoms with Gasteiger partial charge in [-0.15, -0.1) is 0 Å². The van der Waals surface area contributed by atoms with E-state index in [-0.39, 0.29) is 5.92 Å². The minimum Gasteiger partial charge on any atom is -0.492 e. The number of amides is 1. The number of carbonyl (C=O) groups is 1. The molecule has 2 aromatic carbocycles. The minimum atomic E-state index is -1.08. The predicted octanol–water partition coefficient (Wildman–Crippen LogP) is 4.70. The second kappa shape index (κ2) is 10.4. The van der Waals surface area contributed by atoms with Crippen LogP contribution in [0.3, 0.4) is 0 Å². The Morgan fingerprint density at radius 2 is 2.00 bits per heavy atom. The van der Waals surface area contributed by atoms with Crippen molar-refractivity contribution in [3.8, 4) is 5.75 Å². The highest BCUT2D eigenvalue weighted by Gasteiger charge is 2.48. The van der Waals surface area contributed by atoms with E-state index in [0.717, 1.165) is 25.2 Å². The molecule has 7 heteroatoms. The maximum absolute atomic E-state index is 14.4. The molecule has 0 aromatic heterocycles. The largest absolute Gasteiger partial charge is 0.492 e. The summed E-state index contributed by atoms with van der Waals surface area (Å²) in [6, 6.07) is 9.30. The van der Waals surface area contributed by atoms with Crippen LogP contribution in [0, 0.1) is 18.6 Å². The second-order valence-corrected chi connectivity index (χ2v) is 8.47. The Kier molecular flexibility index (Phi) is 7.85. The van der Waals surface area contributed by atoms with Crippen LogP contribution >= 0.6 is 0 Å². The van der Waals surface area contributed by atoms with Crippen molar-refractivity contribution in [2.24, 2.45) is 0 Å². The number of nitrogens with zero attached hydrogens (tertiary/aromatic N) is 1. The van der Waals surface area contributed by atoms with Gasteiger partial charge in [0.15, 0.2) is 0 Å². The Morgan fingerprint density at radius 3 is 2.69 bits per heavy atom. The van der Waals surface area contributed by atoms with Crippen molar-refractivity contribution >= 4 is 5.91 Å². The Hall–Kier alpha value is -2.51. The molecule has 1 aliphatic rings. The molecule has 0 aliphatic heterocycles. The molecule has 3 rings (SSSR count). The zero-order valence-electron chi connectivity index (χ0n) is 19.0. The number of ether oxygens (including phenoxy) is 1. The van der Waals surface area contributed by atoms with Gasteiger partial charge in [0.25, 0.3) is 5.91 Å². The zero-order chi connectivity index (χ0) is 23.3. The van der Waals surface area contributed by atoms with E-state index in [9.17, 15) is 18.8 Å². The summed E-state index contributed by atoms with van der Waals surface area (Å²) in [5.74, 6) is -1.04. The fraction of sp³-hybridized carbons (Fsp3) is 0.480. The van der Waals surface area contributed by atoms with E-state index in [0.29, 0.717) is 42.7 Å². The standard InChI is InChI=1S/C25H32F2N2O3/c1-4-29(5-2)11-12-32-21-14-19(13-20(26)15-21)18-9-10-25(16-18,24(30)28-31)22-7-6-8-23(27)17(22)3/h6-8,13-15,18,31H,4-5,9-12,16H2,1-3H3,(H,28,30)/t18?,25-/m0/s1. The summed E-state index contributed by atoms with van der Waals surface area (Å²) in [6.45, 7) is 8.84. The lowest BCUT2D eigenvalue weighted by atomic mass is 9.75. The van der Waals surface area contributed by atoms with Crippen LogP contribution in [-0.4, -0.2) is 42.3 Å². The van der Waals surface area contributed by atoms with Crippen molar-refractivity contribution in [2.75, 3.05) is 26.2 Å². The number of hydrogen-bond donors (Lipinski definition) is 2. The molecule has 5 nitrogen and oxygen atoms in total. The monoisotopic (exact) mass is 446 g/mol. The van der Waals surface area contributed by atoms with Gasteiger partial charge in [-0.3, -0.25) is 10.0 Å². The average molecular weight is 447 g/mol. The zero-order valence-corrected chi connectivity index (χ0v) is 19.0. The maximum atomic E-state index is 14.4. The molecule has 2 atom stereocenters. The summed E-state index contributed by atoms with van der Waals surface area (Å²) in [6.07, 6.45) is 1.36. The molecule has 174 valence electrons. The number of benzene rings is 2.